The summed E-state index contributed by atoms with van der Waals surface area (Å²) in [6, 6.07) is 8.24. The highest BCUT2D eigenvalue weighted by Crippen LogP contribution is 2.44. The summed E-state index contributed by atoms with van der Waals surface area (Å²) >= 11 is 0. The van der Waals surface area contributed by atoms with E-state index in [1.54, 1.807) is 7.11 Å². The molecule has 0 bridgehead atoms. The third kappa shape index (κ3) is 3.45. The first-order valence-corrected chi connectivity index (χ1v) is 6.26. The molecule has 17 heavy (non-hydrogen) atoms. The van der Waals surface area contributed by atoms with E-state index in [0.29, 0.717) is 5.41 Å². The molecule has 2 rings (SSSR count). The minimum atomic E-state index is 0.521. The number of hydrogen-bond acceptors (Lipinski definition) is 3. The summed E-state index contributed by atoms with van der Waals surface area (Å²) < 4.78 is 5.22. The van der Waals surface area contributed by atoms with Gasteiger partial charge in [-0.15, -0.1) is 0 Å². The zero-order chi connectivity index (χ0) is 12.1. The minimum absolute atomic E-state index is 0.521. The highest BCUT2D eigenvalue weighted by molar-refractivity contribution is 5.28. The Kier molecular flexibility index (Phi) is 4.02. The molecule has 0 unspecified atom stereocenters. The van der Waals surface area contributed by atoms with Crippen molar-refractivity contribution in [2.75, 3.05) is 27.2 Å². The second kappa shape index (κ2) is 5.52. The molecule has 0 spiro atoms. The van der Waals surface area contributed by atoms with Crippen LogP contribution in [0.1, 0.15) is 18.4 Å². The minimum Gasteiger partial charge on any atom is -0.497 e. The van der Waals surface area contributed by atoms with Crippen molar-refractivity contribution in [2.45, 2.75) is 19.4 Å². The van der Waals surface area contributed by atoms with Crippen LogP contribution in [0.25, 0.3) is 0 Å². The fraction of sp³-hybridized carbons (Fsp3) is 0.571. The Hall–Kier alpha value is -1.06. The second-order valence-electron chi connectivity index (χ2n) is 4.99. The summed E-state index contributed by atoms with van der Waals surface area (Å²) in [4.78, 5) is 0. The molecule has 1 fully saturated rings. The first kappa shape index (κ1) is 12.4. The zero-order valence-corrected chi connectivity index (χ0v) is 10.8. The number of ether oxygens (including phenoxy) is 1. The highest BCUT2D eigenvalue weighted by atomic mass is 16.5. The Labute approximate surface area is 104 Å². The third-order valence-electron chi connectivity index (χ3n) is 3.47. The molecule has 0 aromatic heterocycles. The molecular weight excluding hydrogens is 212 g/mol. The summed E-state index contributed by atoms with van der Waals surface area (Å²) in [5.74, 6) is 0.931. The van der Waals surface area contributed by atoms with Crippen LogP contribution in [-0.4, -0.2) is 27.2 Å². The van der Waals surface area contributed by atoms with Crippen LogP contribution in [0.2, 0.25) is 0 Å². The predicted molar refractivity (Wildman–Crippen MR) is 70.3 cm³/mol. The zero-order valence-electron chi connectivity index (χ0n) is 10.8. The molecule has 2 N–H and O–H groups in total. The maximum Gasteiger partial charge on any atom is 0.119 e. The van der Waals surface area contributed by atoms with Crippen molar-refractivity contribution in [3.8, 4) is 5.75 Å². The van der Waals surface area contributed by atoms with E-state index in [1.165, 1.54) is 18.4 Å². The number of methoxy groups -OCH3 is 1. The number of hydrogen-bond donors (Lipinski definition) is 2. The van der Waals surface area contributed by atoms with Gasteiger partial charge in [-0.05, 0) is 43.0 Å². The van der Waals surface area contributed by atoms with Crippen LogP contribution in [0.4, 0.5) is 0 Å². The van der Waals surface area contributed by atoms with Gasteiger partial charge in [-0.25, -0.2) is 0 Å². The molecule has 3 heteroatoms. The van der Waals surface area contributed by atoms with Crippen molar-refractivity contribution < 1.29 is 4.74 Å². The van der Waals surface area contributed by atoms with Gasteiger partial charge in [-0.2, -0.15) is 0 Å². The molecule has 0 amide bonds. The van der Waals surface area contributed by atoms with E-state index in [9.17, 15) is 0 Å². The average Bonchev–Trinajstić information content (AvgIpc) is 3.10. The van der Waals surface area contributed by atoms with Crippen LogP contribution < -0.4 is 15.4 Å². The van der Waals surface area contributed by atoms with Crippen LogP contribution in [0, 0.1) is 5.41 Å². The standard InChI is InChI=1S/C14H22N2O/c1-15-10-14(6-7-14)11-16-9-12-4-3-5-13(8-12)17-2/h3-5,8,15-16H,6-7,9-11H2,1-2H3. The molecule has 0 heterocycles. The number of nitrogens with one attached hydrogen (secondary N) is 2. The van der Waals surface area contributed by atoms with E-state index in [1.807, 2.05) is 19.2 Å². The van der Waals surface area contributed by atoms with Crippen molar-refractivity contribution >= 4 is 0 Å². The highest BCUT2D eigenvalue weighted by Gasteiger charge is 2.41. The number of rotatable bonds is 7. The third-order valence-corrected chi connectivity index (χ3v) is 3.47. The van der Waals surface area contributed by atoms with E-state index >= 15 is 0 Å². The maximum absolute atomic E-state index is 5.22. The van der Waals surface area contributed by atoms with Gasteiger partial charge in [-0.3, -0.25) is 0 Å². The molecule has 1 aliphatic carbocycles. The topological polar surface area (TPSA) is 33.3 Å². The summed E-state index contributed by atoms with van der Waals surface area (Å²) in [6.45, 7) is 3.14. The fourth-order valence-corrected chi connectivity index (χ4v) is 2.22. The Morgan fingerprint density at radius 2 is 2.12 bits per heavy atom. The van der Waals surface area contributed by atoms with Gasteiger partial charge < -0.3 is 15.4 Å². The Morgan fingerprint density at radius 1 is 1.29 bits per heavy atom. The lowest BCUT2D eigenvalue weighted by atomic mass is 10.1. The quantitative estimate of drug-likeness (QED) is 0.754. The summed E-state index contributed by atoms with van der Waals surface area (Å²) in [7, 11) is 3.74. The first-order valence-electron chi connectivity index (χ1n) is 6.26. The summed E-state index contributed by atoms with van der Waals surface area (Å²) in [5, 5.41) is 6.82. The van der Waals surface area contributed by atoms with E-state index in [4.69, 9.17) is 4.74 Å². The van der Waals surface area contributed by atoms with Crippen LogP contribution in [0.15, 0.2) is 24.3 Å². The van der Waals surface area contributed by atoms with Gasteiger partial charge in [0, 0.05) is 19.6 Å². The van der Waals surface area contributed by atoms with E-state index in [0.717, 1.165) is 25.4 Å². The molecular formula is C14H22N2O. The first-order chi connectivity index (χ1) is 8.28. The number of benzene rings is 1. The largest absolute Gasteiger partial charge is 0.497 e. The normalized spacial score (nSPS) is 16.8. The maximum atomic E-state index is 5.22. The van der Waals surface area contributed by atoms with Crippen LogP contribution in [0.5, 0.6) is 5.75 Å². The molecule has 0 radical (unpaired) electrons. The van der Waals surface area contributed by atoms with E-state index in [-0.39, 0.29) is 0 Å². The van der Waals surface area contributed by atoms with Gasteiger partial charge in [0.1, 0.15) is 5.75 Å². The monoisotopic (exact) mass is 234 g/mol. The lowest BCUT2D eigenvalue weighted by Gasteiger charge is -2.15. The predicted octanol–water partition coefficient (Wildman–Crippen LogP) is 1.78. The molecule has 0 aliphatic heterocycles. The van der Waals surface area contributed by atoms with E-state index < -0.39 is 0 Å². The van der Waals surface area contributed by atoms with Crippen LogP contribution >= 0.6 is 0 Å². The average molecular weight is 234 g/mol. The van der Waals surface area contributed by atoms with Gasteiger partial charge >= 0.3 is 0 Å². The fourth-order valence-electron chi connectivity index (χ4n) is 2.22. The van der Waals surface area contributed by atoms with Crippen molar-refractivity contribution in [3.63, 3.8) is 0 Å². The van der Waals surface area contributed by atoms with Gasteiger partial charge in [-0.1, -0.05) is 12.1 Å². The van der Waals surface area contributed by atoms with Crippen molar-refractivity contribution in [1.82, 2.24) is 10.6 Å². The molecule has 1 aromatic carbocycles. The van der Waals surface area contributed by atoms with Gasteiger partial charge in [0.15, 0.2) is 0 Å². The lowest BCUT2D eigenvalue weighted by molar-refractivity contribution is 0.413. The van der Waals surface area contributed by atoms with Gasteiger partial charge in [0.05, 0.1) is 7.11 Å². The smallest absolute Gasteiger partial charge is 0.119 e. The van der Waals surface area contributed by atoms with E-state index in [2.05, 4.69) is 22.8 Å². The van der Waals surface area contributed by atoms with Crippen molar-refractivity contribution in [1.29, 1.82) is 0 Å². The molecule has 94 valence electrons. The second-order valence-corrected chi connectivity index (χ2v) is 4.99. The van der Waals surface area contributed by atoms with Gasteiger partial charge in [0.2, 0.25) is 0 Å². The molecule has 1 aliphatic rings. The molecule has 1 aromatic rings. The van der Waals surface area contributed by atoms with Crippen molar-refractivity contribution in [3.05, 3.63) is 29.8 Å². The summed E-state index contributed by atoms with van der Waals surface area (Å²) in [6.07, 6.45) is 2.69. The SMILES string of the molecule is CNCC1(CNCc2cccc(OC)c2)CC1. The Bertz CT molecular complexity index is 361. The molecule has 1 saturated carbocycles. The van der Waals surface area contributed by atoms with Crippen LogP contribution in [-0.2, 0) is 6.54 Å². The van der Waals surface area contributed by atoms with Crippen molar-refractivity contribution in [2.24, 2.45) is 5.41 Å². The Morgan fingerprint density at radius 3 is 2.76 bits per heavy atom. The molecule has 3 nitrogen and oxygen atoms in total. The summed E-state index contributed by atoms with van der Waals surface area (Å²) in [5.41, 5.74) is 1.80. The van der Waals surface area contributed by atoms with Gasteiger partial charge in [0.25, 0.3) is 0 Å². The Balaban J connectivity index is 1.78. The molecule has 0 atom stereocenters. The molecule has 0 saturated heterocycles. The van der Waals surface area contributed by atoms with Crippen LogP contribution in [0.3, 0.4) is 0 Å². The lowest BCUT2D eigenvalue weighted by Crippen LogP contribution is -2.31.